The molecular formula is C17H29N5O8. The number of rotatable bonds is 13. The van der Waals surface area contributed by atoms with Gasteiger partial charge in [0, 0.05) is 0 Å². The van der Waals surface area contributed by atoms with E-state index < -0.39 is 72.6 Å². The Hall–Kier alpha value is -3.22. The van der Waals surface area contributed by atoms with Crippen molar-refractivity contribution in [3.8, 4) is 0 Å². The summed E-state index contributed by atoms with van der Waals surface area (Å²) in [7, 11) is 0. The molecule has 0 saturated heterocycles. The van der Waals surface area contributed by atoms with Gasteiger partial charge < -0.3 is 37.6 Å². The van der Waals surface area contributed by atoms with Crippen LogP contribution in [0.2, 0.25) is 0 Å². The van der Waals surface area contributed by atoms with E-state index in [0.29, 0.717) is 0 Å². The van der Waals surface area contributed by atoms with Crippen LogP contribution < -0.4 is 27.4 Å². The van der Waals surface area contributed by atoms with Crippen molar-refractivity contribution in [1.82, 2.24) is 16.0 Å². The summed E-state index contributed by atoms with van der Waals surface area (Å²) in [6.45, 7) is 4.80. The second kappa shape index (κ2) is 12.4. The standard InChI is InChI=1S/C17H29N5O8/c1-7(2)4-9(18)14(26)21-11(6-13(24)25)16(28)22-10(5-12(19)23)15(27)20-8(3)17(29)30/h7-11H,4-6,18H2,1-3H3,(H2,19,23)(H,20,27)(H,21,26)(H,22,28)(H,24,25)(H,29,30). The third-order valence-corrected chi connectivity index (χ3v) is 3.84. The highest BCUT2D eigenvalue weighted by Crippen LogP contribution is 2.04. The number of hydrogen-bond donors (Lipinski definition) is 7. The maximum atomic E-state index is 12.5. The SMILES string of the molecule is CC(C)CC(N)C(=O)NC(CC(=O)O)C(=O)NC(CC(N)=O)C(=O)NC(C)C(=O)O. The van der Waals surface area contributed by atoms with Crippen molar-refractivity contribution in [2.75, 3.05) is 0 Å². The molecular weight excluding hydrogens is 402 g/mol. The first-order chi connectivity index (χ1) is 13.7. The zero-order valence-electron chi connectivity index (χ0n) is 17.0. The van der Waals surface area contributed by atoms with Gasteiger partial charge in [0.1, 0.15) is 18.1 Å². The summed E-state index contributed by atoms with van der Waals surface area (Å²) < 4.78 is 0. The largest absolute Gasteiger partial charge is 0.481 e. The quantitative estimate of drug-likeness (QED) is 0.160. The van der Waals surface area contributed by atoms with Gasteiger partial charge in [0.15, 0.2) is 0 Å². The summed E-state index contributed by atoms with van der Waals surface area (Å²) in [6.07, 6.45) is -1.21. The average molecular weight is 431 g/mol. The van der Waals surface area contributed by atoms with E-state index in [4.69, 9.17) is 21.7 Å². The van der Waals surface area contributed by atoms with E-state index in [-0.39, 0.29) is 12.3 Å². The van der Waals surface area contributed by atoms with Crippen LogP contribution >= 0.6 is 0 Å². The van der Waals surface area contributed by atoms with E-state index in [1.165, 1.54) is 0 Å². The highest BCUT2D eigenvalue weighted by atomic mass is 16.4. The van der Waals surface area contributed by atoms with Gasteiger partial charge >= 0.3 is 11.9 Å². The fourth-order valence-corrected chi connectivity index (χ4v) is 2.34. The molecule has 0 radical (unpaired) electrons. The number of nitrogens with two attached hydrogens (primary N) is 2. The highest BCUT2D eigenvalue weighted by Gasteiger charge is 2.31. The Balaban J connectivity index is 5.39. The number of carbonyl (C=O) groups is 6. The molecule has 9 N–H and O–H groups in total. The van der Waals surface area contributed by atoms with Crippen LogP contribution in [0.25, 0.3) is 0 Å². The monoisotopic (exact) mass is 431 g/mol. The van der Waals surface area contributed by atoms with Crippen molar-refractivity contribution in [3.05, 3.63) is 0 Å². The predicted octanol–water partition coefficient (Wildman–Crippen LogP) is -2.73. The van der Waals surface area contributed by atoms with Gasteiger partial charge in [-0.15, -0.1) is 0 Å². The summed E-state index contributed by atoms with van der Waals surface area (Å²) in [4.78, 5) is 70.0. The third-order valence-electron chi connectivity index (χ3n) is 3.84. The molecule has 0 rings (SSSR count). The van der Waals surface area contributed by atoms with Crippen LogP contribution in [0.4, 0.5) is 0 Å². The molecule has 0 aromatic rings. The molecule has 0 heterocycles. The Morgan fingerprint density at radius 3 is 1.70 bits per heavy atom. The molecule has 0 aromatic heterocycles. The molecule has 13 nitrogen and oxygen atoms in total. The summed E-state index contributed by atoms with van der Waals surface area (Å²) in [5, 5.41) is 24.3. The van der Waals surface area contributed by atoms with E-state index in [1.807, 2.05) is 13.8 Å². The van der Waals surface area contributed by atoms with E-state index in [1.54, 1.807) is 0 Å². The van der Waals surface area contributed by atoms with E-state index in [9.17, 15) is 28.8 Å². The zero-order valence-corrected chi connectivity index (χ0v) is 17.0. The Morgan fingerprint density at radius 1 is 0.800 bits per heavy atom. The van der Waals surface area contributed by atoms with E-state index >= 15 is 0 Å². The summed E-state index contributed by atoms with van der Waals surface area (Å²) in [5.74, 6) is -6.54. The Kier molecular flexibility index (Phi) is 11.0. The number of aliphatic carboxylic acids is 2. The van der Waals surface area contributed by atoms with Gasteiger partial charge in [-0.3, -0.25) is 28.8 Å². The van der Waals surface area contributed by atoms with Gasteiger partial charge in [0.25, 0.3) is 0 Å². The normalized spacial score (nSPS) is 14.7. The summed E-state index contributed by atoms with van der Waals surface area (Å²) >= 11 is 0. The third kappa shape index (κ3) is 10.4. The molecule has 0 spiro atoms. The lowest BCUT2D eigenvalue weighted by Gasteiger charge is -2.23. The predicted molar refractivity (Wildman–Crippen MR) is 103 cm³/mol. The van der Waals surface area contributed by atoms with Crippen LogP contribution in [0.3, 0.4) is 0 Å². The number of amides is 4. The Morgan fingerprint density at radius 2 is 1.27 bits per heavy atom. The molecule has 0 aromatic carbocycles. The molecule has 0 aliphatic heterocycles. The van der Waals surface area contributed by atoms with Crippen LogP contribution in [0, 0.1) is 5.92 Å². The maximum Gasteiger partial charge on any atom is 0.325 e. The van der Waals surface area contributed by atoms with Crippen LogP contribution in [-0.2, 0) is 28.8 Å². The molecule has 4 amide bonds. The Labute approximate surface area is 172 Å². The lowest BCUT2D eigenvalue weighted by atomic mass is 10.0. The second-order valence-electron chi connectivity index (χ2n) is 7.20. The number of nitrogens with one attached hydrogen (secondary N) is 3. The van der Waals surface area contributed by atoms with Crippen molar-refractivity contribution in [2.24, 2.45) is 17.4 Å². The van der Waals surface area contributed by atoms with Crippen molar-refractivity contribution in [3.63, 3.8) is 0 Å². The minimum Gasteiger partial charge on any atom is -0.481 e. The number of carboxylic acids is 2. The molecule has 0 aliphatic carbocycles. The maximum absolute atomic E-state index is 12.5. The second-order valence-corrected chi connectivity index (χ2v) is 7.20. The smallest absolute Gasteiger partial charge is 0.325 e. The number of hydrogen-bond acceptors (Lipinski definition) is 7. The molecule has 13 heteroatoms. The molecule has 0 fully saturated rings. The van der Waals surface area contributed by atoms with Crippen LogP contribution in [0.5, 0.6) is 0 Å². The molecule has 170 valence electrons. The fourth-order valence-electron chi connectivity index (χ4n) is 2.34. The van der Waals surface area contributed by atoms with Crippen molar-refractivity contribution in [1.29, 1.82) is 0 Å². The highest BCUT2D eigenvalue weighted by molar-refractivity contribution is 5.97. The minimum atomic E-state index is -1.59. The van der Waals surface area contributed by atoms with Crippen LogP contribution in [-0.4, -0.2) is 69.9 Å². The first kappa shape index (κ1) is 26.8. The first-order valence-electron chi connectivity index (χ1n) is 9.14. The lowest BCUT2D eigenvalue weighted by molar-refractivity contribution is -0.143. The molecule has 30 heavy (non-hydrogen) atoms. The molecule has 4 unspecified atom stereocenters. The summed E-state index contributed by atoms with van der Waals surface area (Å²) in [5.41, 5.74) is 10.8. The number of carboxylic acid groups (broad SMARTS) is 2. The van der Waals surface area contributed by atoms with Crippen molar-refractivity contribution >= 4 is 35.6 Å². The number of primary amides is 1. The molecule has 0 bridgehead atoms. The fraction of sp³-hybridized carbons (Fsp3) is 0.647. The molecule has 4 atom stereocenters. The number of carbonyl (C=O) groups excluding carboxylic acids is 4. The van der Waals surface area contributed by atoms with Crippen molar-refractivity contribution in [2.45, 2.75) is 64.2 Å². The first-order valence-corrected chi connectivity index (χ1v) is 9.14. The zero-order chi connectivity index (χ0) is 23.6. The van der Waals surface area contributed by atoms with Gasteiger partial charge in [0.05, 0.1) is 18.9 Å². The topological polar surface area (TPSA) is 231 Å². The average Bonchev–Trinajstić information content (AvgIpc) is 2.58. The molecule has 0 aliphatic rings. The van der Waals surface area contributed by atoms with Crippen LogP contribution in [0.15, 0.2) is 0 Å². The van der Waals surface area contributed by atoms with Gasteiger partial charge in [-0.2, -0.15) is 0 Å². The van der Waals surface area contributed by atoms with E-state index in [0.717, 1.165) is 6.92 Å². The summed E-state index contributed by atoms with van der Waals surface area (Å²) in [6, 6.07) is -5.48. The Bertz CT molecular complexity index is 681. The van der Waals surface area contributed by atoms with E-state index in [2.05, 4.69) is 16.0 Å². The van der Waals surface area contributed by atoms with Gasteiger partial charge in [0.2, 0.25) is 23.6 Å². The molecule has 0 saturated carbocycles. The van der Waals surface area contributed by atoms with Gasteiger partial charge in [-0.1, -0.05) is 13.8 Å². The minimum absolute atomic E-state index is 0.0670. The van der Waals surface area contributed by atoms with Gasteiger partial charge in [-0.25, -0.2) is 0 Å². The van der Waals surface area contributed by atoms with Crippen molar-refractivity contribution < 1.29 is 39.0 Å². The van der Waals surface area contributed by atoms with Crippen LogP contribution in [0.1, 0.15) is 40.0 Å². The lowest BCUT2D eigenvalue weighted by Crippen LogP contribution is -2.58. The van der Waals surface area contributed by atoms with Gasteiger partial charge in [-0.05, 0) is 19.3 Å².